The molecule has 2 rings (SSSR count). The van der Waals surface area contributed by atoms with Gasteiger partial charge in [-0.1, -0.05) is 55.1 Å². The van der Waals surface area contributed by atoms with Crippen LogP contribution in [0.2, 0.25) is 0 Å². The van der Waals surface area contributed by atoms with E-state index in [1.54, 1.807) is 0 Å². The second kappa shape index (κ2) is 3.58. The molecule has 1 heteroatoms. The normalized spacial score (nSPS) is 9.85. The van der Waals surface area contributed by atoms with Gasteiger partial charge in [-0.05, 0) is 17.7 Å². The van der Waals surface area contributed by atoms with Crippen molar-refractivity contribution in [2.24, 2.45) is 0 Å². The van der Waals surface area contributed by atoms with Crippen molar-refractivity contribution in [1.29, 1.82) is 0 Å². The third-order valence-corrected chi connectivity index (χ3v) is 2.24. The van der Waals surface area contributed by atoms with Gasteiger partial charge in [-0.15, -0.1) is 0 Å². The molecule has 2 aromatic rings. The Morgan fingerprint density at radius 2 is 1.69 bits per heavy atom. The molecule has 0 bridgehead atoms. The molecule has 0 aliphatic heterocycles. The van der Waals surface area contributed by atoms with Crippen molar-refractivity contribution < 1.29 is 0 Å². The first kappa shape index (κ1) is 8.27. The highest BCUT2D eigenvalue weighted by atomic mass is 32.1. The summed E-state index contributed by atoms with van der Waals surface area (Å²) in [5.41, 5.74) is 2.14. The van der Waals surface area contributed by atoms with E-state index in [0.717, 1.165) is 16.0 Å². The van der Waals surface area contributed by atoms with Crippen LogP contribution in [-0.2, 0) is 0 Å². The highest BCUT2D eigenvalue weighted by Crippen LogP contribution is 2.24. The average molecular weight is 184 g/mol. The van der Waals surface area contributed by atoms with Crippen molar-refractivity contribution in [1.82, 2.24) is 0 Å². The summed E-state index contributed by atoms with van der Waals surface area (Å²) in [6, 6.07) is 18.9. The minimum atomic E-state index is 0.880. The summed E-state index contributed by atoms with van der Waals surface area (Å²) >= 11 is 5.21. The van der Waals surface area contributed by atoms with Crippen LogP contribution in [0.4, 0.5) is 0 Å². The minimum Gasteiger partial charge on any atom is -0.0794 e. The summed E-state index contributed by atoms with van der Waals surface area (Å²) in [4.78, 5) is 0.880. The number of benzene rings is 2. The summed E-state index contributed by atoms with van der Waals surface area (Å²) < 4.78 is 0. The van der Waals surface area contributed by atoms with Crippen LogP contribution in [0.1, 0.15) is 0 Å². The van der Waals surface area contributed by atoms with E-state index in [9.17, 15) is 0 Å². The van der Waals surface area contributed by atoms with Crippen molar-refractivity contribution >= 4 is 12.6 Å². The Morgan fingerprint density at radius 1 is 0.923 bits per heavy atom. The number of hydrogen-bond donors (Lipinski definition) is 0. The van der Waals surface area contributed by atoms with Crippen LogP contribution in [0.5, 0.6) is 0 Å². The van der Waals surface area contributed by atoms with Crippen LogP contribution in [0, 0.1) is 6.07 Å². The summed E-state index contributed by atoms with van der Waals surface area (Å²) in [5.74, 6) is 0. The second-order valence-corrected chi connectivity index (χ2v) is 3.21. The minimum absolute atomic E-state index is 0.880. The maximum absolute atomic E-state index is 5.21. The van der Waals surface area contributed by atoms with Gasteiger partial charge in [0, 0.05) is 10.5 Å². The molecule has 0 unspecified atom stereocenters. The van der Waals surface area contributed by atoms with Crippen LogP contribution in [0.3, 0.4) is 0 Å². The van der Waals surface area contributed by atoms with E-state index in [-0.39, 0.29) is 0 Å². The molecule has 0 aromatic heterocycles. The largest absolute Gasteiger partial charge is 0.0794 e. The molecule has 0 saturated carbocycles. The molecule has 0 spiro atoms. The van der Waals surface area contributed by atoms with Gasteiger partial charge in [0.15, 0.2) is 0 Å². The van der Waals surface area contributed by atoms with Crippen LogP contribution in [-0.4, -0.2) is 0 Å². The van der Waals surface area contributed by atoms with E-state index in [1.807, 2.05) is 48.5 Å². The lowest BCUT2D eigenvalue weighted by Crippen LogP contribution is -1.78. The van der Waals surface area contributed by atoms with Crippen LogP contribution in [0.25, 0.3) is 11.1 Å². The number of hydrogen-bond acceptors (Lipinski definition) is 0. The van der Waals surface area contributed by atoms with Gasteiger partial charge < -0.3 is 0 Å². The predicted molar refractivity (Wildman–Crippen MR) is 56.6 cm³/mol. The molecular formula is C12H8S. The third kappa shape index (κ3) is 1.70. The van der Waals surface area contributed by atoms with Crippen LogP contribution >= 0.6 is 12.6 Å². The molecule has 0 amide bonds. The first-order valence-electron chi connectivity index (χ1n) is 4.11. The first-order valence-corrected chi connectivity index (χ1v) is 4.52. The van der Waals surface area contributed by atoms with Crippen molar-refractivity contribution in [3.8, 4) is 11.1 Å². The summed E-state index contributed by atoms with van der Waals surface area (Å²) in [7, 11) is 0. The van der Waals surface area contributed by atoms with Gasteiger partial charge in [0.1, 0.15) is 0 Å². The lowest BCUT2D eigenvalue weighted by Gasteiger charge is -2.02. The van der Waals surface area contributed by atoms with Crippen molar-refractivity contribution in [3.63, 3.8) is 0 Å². The maximum atomic E-state index is 5.21. The molecule has 0 saturated heterocycles. The van der Waals surface area contributed by atoms with E-state index in [1.165, 1.54) is 0 Å². The SMILES string of the molecule is [S]c1ccccc1-c1[c]cccc1. The smallest absolute Gasteiger partial charge is 0.0455 e. The summed E-state index contributed by atoms with van der Waals surface area (Å²) in [6.45, 7) is 0. The van der Waals surface area contributed by atoms with Gasteiger partial charge in [-0.25, -0.2) is 0 Å². The molecular weight excluding hydrogens is 176 g/mol. The molecule has 62 valence electrons. The van der Waals surface area contributed by atoms with E-state index < -0.39 is 0 Å². The Labute approximate surface area is 83.6 Å². The Hall–Kier alpha value is -1.34. The number of rotatable bonds is 1. The lowest BCUT2D eigenvalue weighted by molar-refractivity contribution is 1.45. The molecule has 13 heavy (non-hydrogen) atoms. The molecule has 0 fully saturated rings. The Balaban J connectivity index is 2.54. The van der Waals surface area contributed by atoms with Crippen LogP contribution in [0.15, 0.2) is 53.4 Å². The quantitative estimate of drug-likeness (QED) is 0.633. The third-order valence-electron chi connectivity index (χ3n) is 1.89. The molecule has 2 aromatic carbocycles. The maximum Gasteiger partial charge on any atom is 0.0455 e. The highest BCUT2D eigenvalue weighted by Gasteiger charge is 1.99. The first-order chi connectivity index (χ1) is 6.38. The second-order valence-electron chi connectivity index (χ2n) is 2.77. The van der Waals surface area contributed by atoms with Gasteiger partial charge in [-0.3, -0.25) is 0 Å². The van der Waals surface area contributed by atoms with Crippen molar-refractivity contribution in [3.05, 3.63) is 54.6 Å². The van der Waals surface area contributed by atoms with Gasteiger partial charge in [0.2, 0.25) is 0 Å². The van der Waals surface area contributed by atoms with E-state index in [2.05, 4.69) is 6.07 Å². The summed E-state index contributed by atoms with van der Waals surface area (Å²) in [6.07, 6.45) is 0. The van der Waals surface area contributed by atoms with Crippen molar-refractivity contribution in [2.75, 3.05) is 0 Å². The van der Waals surface area contributed by atoms with Crippen molar-refractivity contribution in [2.45, 2.75) is 4.90 Å². The standard InChI is InChI=1S/C12H8S/c13-12-9-5-4-8-11(12)10-6-2-1-3-7-10/h1-6,8-9H. The van der Waals surface area contributed by atoms with Crippen LogP contribution < -0.4 is 0 Å². The van der Waals surface area contributed by atoms with E-state index in [0.29, 0.717) is 0 Å². The summed E-state index contributed by atoms with van der Waals surface area (Å²) in [5, 5.41) is 0. The molecule has 0 N–H and O–H groups in total. The Bertz CT molecular complexity index is 393. The highest BCUT2D eigenvalue weighted by molar-refractivity contribution is 7.80. The van der Waals surface area contributed by atoms with E-state index >= 15 is 0 Å². The molecule has 0 aliphatic carbocycles. The fourth-order valence-corrected chi connectivity index (χ4v) is 1.51. The fourth-order valence-electron chi connectivity index (χ4n) is 1.25. The van der Waals surface area contributed by atoms with E-state index in [4.69, 9.17) is 12.6 Å². The monoisotopic (exact) mass is 184 g/mol. The molecule has 0 heterocycles. The zero-order valence-electron chi connectivity index (χ0n) is 7.03. The zero-order chi connectivity index (χ0) is 9.10. The Morgan fingerprint density at radius 3 is 2.38 bits per heavy atom. The Kier molecular flexibility index (Phi) is 2.28. The molecule has 0 atom stereocenters. The van der Waals surface area contributed by atoms with Gasteiger partial charge in [-0.2, -0.15) is 0 Å². The zero-order valence-corrected chi connectivity index (χ0v) is 7.84. The molecule has 0 aliphatic rings. The molecule has 0 nitrogen and oxygen atoms in total. The predicted octanol–water partition coefficient (Wildman–Crippen LogP) is 3.71. The molecule has 2 radical (unpaired) electrons. The topological polar surface area (TPSA) is 0 Å². The van der Waals surface area contributed by atoms with Gasteiger partial charge >= 0.3 is 0 Å². The van der Waals surface area contributed by atoms with Gasteiger partial charge in [0.25, 0.3) is 0 Å². The lowest BCUT2D eigenvalue weighted by atomic mass is 10.1. The average Bonchev–Trinajstić information content (AvgIpc) is 2.20. The van der Waals surface area contributed by atoms with Gasteiger partial charge in [0.05, 0.1) is 0 Å². The fraction of sp³-hybridized carbons (Fsp3) is 0.